The molecule has 2 aromatic carbocycles. The van der Waals surface area contributed by atoms with Crippen molar-refractivity contribution < 1.29 is 9.53 Å². The van der Waals surface area contributed by atoms with E-state index in [0.717, 1.165) is 35.1 Å². The van der Waals surface area contributed by atoms with Gasteiger partial charge in [0.1, 0.15) is 18.0 Å². The van der Waals surface area contributed by atoms with Crippen molar-refractivity contribution in [1.29, 1.82) is 0 Å². The summed E-state index contributed by atoms with van der Waals surface area (Å²) >= 11 is 6.11. The molecule has 1 aliphatic heterocycles. The average Bonchev–Trinajstić information content (AvgIpc) is 3.26. The second-order valence-corrected chi connectivity index (χ2v) is 8.21. The van der Waals surface area contributed by atoms with E-state index < -0.39 is 0 Å². The van der Waals surface area contributed by atoms with Crippen LogP contribution in [0.5, 0.6) is 5.75 Å². The Kier molecular flexibility index (Phi) is 5.69. The molecule has 5 rings (SSSR count). The fraction of sp³-hybridized carbons (Fsp3) is 0.200. The predicted octanol–water partition coefficient (Wildman–Crippen LogP) is 4.53. The van der Waals surface area contributed by atoms with Crippen molar-refractivity contribution in [2.45, 2.75) is 6.61 Å². The molecule has 32 heavy (non-hydrogen) atoms. The van der Waals surface area contributed by atoms with Gasteiger partial charge < -0.3 is 18.9 Å². The highest BCUT2D eigenvalue weighted by atomic mass is 35.5. The van der Waals surface area contributed by atoms with Gasteiger partial charge in [-0.2, -0.15) is 0 Å². The second kappa shape index (κ2) is 8.93. The largest absolute Gasteiger partial charge is 0.487 e. The summed E-state index contributed by atoms with van der Waals surface area (Å²) in [5, 5.41) is 0.726. The topological polar surface area (TPSA) is 50.1 Å². The van der Waals surface area contributed by atoms with Crippen LogP contribution in [0.4, 0.5) is 5.69 Å². The zero-order valence-electron chi connectivity index (χ0n) is 17.5. The van der Waals surface area contributed by atoms with Crippen molar-refractivity contribution in [1.82, 2.24) is 14.3 Å². The van der Waals surface area contributed by atoms with Gasteiger partial charge in [-0.3, -0.25) is 4.79 Å². The molecule has 0 unspecified atom stereocenters. The summed E-state index contributed by atoms with van der Waals surface area (Å²) < 4.78 is 7.82. The summed E-state index contributed by atoms with van der Waals surface area (Å²) in [6.07, 6.45) is 3.91. The Morgan fingerprint density at radius 1 is 0.969 bits per heavy atom. The van der Waals surface area contributed by atoms with Crippen LogP contribution in [-0.2, 0) is 6.61 Å². The van der Waals surface area contributed by atoms with Crippen molar-refractivity contribution in [2.24, 2.45) is 0 Å². The van der Waals surface area contributed by atoms with Crippen LogP contribution in [-0.4, -0.2) is 46.4 Å². The van der Waals surface area contributed by atoms with Crippen LogP contribution in [0.1, 0.15) is 16.1 Å². The number of nitrogens with zero attached hydrogens (tertiary/aromatic N) is 4. The van der Waals surface area contributed by atoms with Crippen molar-refractivity contribution in [3.8, 4) is 5.75 Å². The average molecular weight is 447 g/mol. The Morgan fingerprint density at radius 2 is 1.78 bits per heavy atom. The maximum atomic E-state index is 12.9. The first-order valence-electron chi connectivity index (χ1n) is 10.6. The van der Waals surface area contributed by atoms with Crippen molar-refractivity contribution >= 4 is 28.8 Å². The normalized spacial score (nSPS) is 14.0. The Hall–Kier alpha value is -3.51. The number of hydrogen-bond acceptors (Lipinski definition) is 4. The van der Waals surface area contributed by atoms with E-state index in [0.29, 0.717) is 31.0 Å². The van der Waals surface area contributed by atoms with Gasteiger partial charge in [-0.05, 0) is 54.6 Å². The number of carbonyl (C=O) groups excluding carboxylic acids is 1. The highest BCUT2D eigenvalue weighted by Gasteiger charge is 2.22. The second-order valence-electron chi connectivity index (χ2n) is 7.77. The SMILES string of the molecule is O=C(c1ccc(OCc2cn3ccccc3n2)cc1)N1CCN(c2cccc(Cl)c2)CC1. The highest BCUT2D eigenvalue weighted by Crippen LogP contribution is 2.22. The number of fused-ring (bicyclic) bond motifs is 1. The van der Waals surface area contributed by atoms with E-state index in [1.54, 1.807) is 0 Å². The lowest BCUT2D eigenvalue weighted by molar-refractivity contribution is 0.0746. The molecule has 0 saturated carbocycles. The third-order valence-electron chi connectivity index (χ3n) is 5.64. The van der Waals surface area contributed by atoms with Gasteiger partial charge in [0.25, 0.3) is 5.91 Å². The summed E-state index contributed by atoms with van der Waals surface area (Å²) in [5.41, 5.74) is 3.51. The maximum absolute atomic E-state index is 12.9. The smallest absolute Gasteiger partial charge is 0.253 e. The number of halogens is 1. The molecule has 162 valence electrons. The molecule has 0 aliphatic carbocycles. The van der Waals surface area contributed by atoms with Gasteiger partial charge in [0.05, 0.1) is 5.69 Å². The molecule has 0 spiro atoms. The molecule has 3 heterocycles. The summed E-state index contributed by atoms with van der Waals surface area (Å²) in [6, 6.07) is 21.0. The predicted molar refractivity (Wildman–Crippen MR) is 126 cm³/mol. The van der Waals surface area contributed by atoms with Crippen molar-refractivity contribution in [2.75, 3.05) is 31.1 Å². The minimum atomic E-state index is 0.0441. The van der Waals surface area contributed by atoms with Crippen LogP contribution in [0.2, 0.25) is 5.02 Å². The highest BCUT2D eigenvalue weighted by molar-refractivity contribution is 6.30. The number of rotatable bonds is 5. The van der Waals surface area contributed by atoms with Gasteiger partial charge in [-0.25, -0.2) is 4.98 Å². The first kappa shape index (κ1) is 20.4. The molecule has 0 radical (unpaired) electrons. The van der Waals surface area contributed by atoms with E-state index in [1.165, 1.54) is 0 Å². The first-order chi connectivity index (χ1) is 15.7. The number of piperazine rings is 1. The standard InChI is InChI=1S/C25H23ClN4O2/c26-20-4-3-5-22(16-20)28-12-14-29(15-13-28)25(31)19-7-9-23(10-8-19)32-18-21-17-30-11-2-1-6-24(30)27-21/h1-11,16-17H,12-15,18H2. The minimum absolute atomic E-state index is 0.0441. The lowest BCUT2D eigenvalue weighted by Crippen LogP contribution is -2.48. The molecule has 1 amide bonds. The van der Waals surface area contributed by atoms with E-state index in [1.807, 2.05) is 88.4 Å². The number of ether oxygens (including phenoxy) is 1. The molecule has 0 bridgehead atoms. The Labute approximate surface area is 191 Å². The number of carbonyl (C=O) groups is 1. The molecular weight excluding hydrogens is 424 g/mol. The monoisotopic (exact) mass is 446 g/mol. The van der Waals surface area contributed by atoms with Gasteiger partial charge >= 0.3 is 0 Å². The molecule has 1 saturated heterocycles. The van der Waals surface area contributed by atoms with Crippen molar-refractivity contribution in [3.05, 3.63) is 95.4 Å². The van der Waals surface area contributed by atoms with Gasteiger partial charge in [0, 0.05) is 54.8 Å². The summed E-state index contributed by atoms with van der Waals surface area (Å²) in [7, 11) is 0. The zero-order valence-corrected chi connectivity index (χ0v) is 18.3. The number of pyridine rings is 1. The van der Waals surface area contributed by atoms with E-state index in [4.69, 9.17) is 16.3 Å². The van der Waals surface area contributed by atoms with Crippen LogP contribution in [0, 0.1) is 0 Å². The zero-order chi connectivity index (χ0) is 21.9. The lowest BCUT2D eigenvalue weighted by Gasteiger charge is -2.36. The number of anilines is 1. The van der Waals surface area contributed by atoms with E-state index in [9.17, 15) is 4.79 Å². The molecule has 6 nitrogen and oxygen atoms in total. The van der Waals surface area contributed by atoms with Crippen LogP contribution < -0.4 is 9.64 Å². The van der Waals surface area contributed by atoms with Crippen LogP contribution >= 0.6 is 11.6 Å². The molecule has 0 atom stereocenters. The lowest BCUT2D eigenvalue weighted by atomic mass is 10.1. The van der Waals surface area contributed by atoms with E-state index in [-0.39, 0.29) is 5.91 Å². The number of amides is 1. The Balaban J connectivity index is 1.16. The molecule has 7 heteroatoms. The van der Waals surface area contributed by atoms with Crippen LogP contribution in [0.25, 0.3) is 5.65 Å². The number of aromatic nitrogens is 2. The minimum Gasteiger partial charge on any atom is -0.487 e. The molecule has 0 N–H and O–H groups in total. The molecule has 1 aliphatic rings. The molecule has 1 fully saturated rings. The molecule has 2 aromatic heterocycles. The van der Waals surface area contributed by atoms with Gasteiger partial charge in [-0.1, -0.05) is 23.7 Å². The quantitative estimate of drug-likeness (QED) is 0.452. The summed E-state index contributed by atoms with van der Waals surface area (Å²) in [6.45, 7) is 3.30. The molecular formula is C25H23ClN4O2. The van der Waals surface area contributed by atoms with Crippen LogP contribution in [0.15, 0.2) is 79.1 Å². The number of benzene rings is 2. The Morgan fingerprint density at radius 3 is 2.53 bits per heavy atom. The maximum Gasteiger partial charge on any atom is 0.253 e. The first-order valence-corrected chi connectivity index (χ1v) is 11.0. The third kappa shape index (κ3) is 4.41. The third-order valence-corrected chi connectivity index (χ3v) is 5.88. The number of imidazole rings is 1. The number of hydrogen-bond donors (Lipinski definition) is 0. The van der Waals surface area contributed by atoms with Gasteiger partial charge in [-0.15, -0.1) is 0 Å². The fourth-order valence-electron chi connectivity index (χ4n) is 3.93. The van der Waals surface area contributed by atoms with E-state index >= 15 is 0 Å². The van der Waals surface area contributed by atoms with Gasteiger partial charge in [0.15, 0.2) is 0 Å². The van der Waals surface area contributed by atoms with E-state index in [2.05, 4.69) is 9.88 Å². The molecule has 4 aromatic rings. The van der Waals surface area contributed by atoms with Crippen LogP contribution in [0.3, 0.4) is 0 Å². The Bertz CT molecular complexity index is 1200. The van der Waals surface area contributed by atoms with Gasteiger partial charge in [0.2, 0.25) is 0 Å². The summed E-state index contributed by atoms with van der Waals surface area (Å²) in [4.78, 5) is 21.6. The summed E-state index contributed by atoms with van der Waals surface area (Å²) in [5.74, 6) is 0.757. The van der Waals surface area contributed by atoms with Crippen molar-refractivity contribution in [3.63, 3.8) is 0 Å². The fourth-order valence-corrected chi connectivity index (χ4v) is 4.12.